The second-order valence-corrected chi connectivity index (χ2v) is 26.6. The van der Waals surface area contributed by atoms with Crippen LogP contribution < -0.4 is 4.40 Å². The topological polar surface area (TPSA) is 38.9 Å². The molecule has 53 heavy (non-hydrogen) atoms. The summed E-state index contributed by atoms with van der Waals surface area (Å²) in [5, 5.41) is 2.09. The Kier molecular flexibility index (Phi) is 12.5. The molecule has 0 saturated heterocycles. The largest absolute Gasteiger partial charge is 0 e. The first-order valence-corrected chi connectivity index (χ1v) is 26.3. The second kappa shape index (κ2) is 17.1. The molecule has 1 fully saturated rings. The zero-order valence-corrected chi connectivity index (χ0v) is 36.4. The van der Waals surface area contributed by atoms with Crippen molar-refractivity contribution in [2.75, 3.05) is 0 Å². The number of fused-ring (bicyclic) bond motifs is 3. The Morgan fingerprint density at radius 3 is 2.19 bits per heavy atom. The van der Waals surface area contributed by atoms with Gasteiger partial charge in [-0.3, -0.25) is 4.98 Å². The van der Waals surface area contributed by atoms with E-state index in [2.05, 4.69) is 134 Å². The molecule has 8 rings (SSSR count). The quantitative estimate of drug-likeness (QED) is 0.113. The maximum absolute atomic E-state index is 6.15. The van der Waals surface area contributed by atoms with Gasteiger partial charge in [0.15, 0.2) is 0 Å². The van der Waals surface area contributed by atoms with Crippen molar-refractivity contribution in [3.63, 3.8) is 0 Å². The average molecular weight is 936 g/mol. The number of aromatic nitrogens is 2. The van der Waals surface area contributed by atoms with Crippen LogP contribution in [0.4, 0.5) is 0 Å². The number of pyridine rings is 2. The summed E-state index contributed by atoms with van der Waals surface area (Å²) in [7, 11) is 0. The molecule has 1 saturated carbocycles. The molecule has 0 spiro atoms. The summed E-state index contributed by atoms with van der Waals surface area (Å²) in [5.41, 5.74) is 12.4. The van der Waals surface area contributed by atoms with E-state index < -0.39 is 13.3 Å². The molecule has 5 heteroatoms. The predicted molar refractivity (Wildman–Crippen MR) is 222 cm³/mol. The first kappa shape index (κ1) is 38.9. The average Bonchev–Trinajstić information content (AvgIpc) is 3.80. The van der Waals surface area contributed by atoms with Gasteiger partial charge in [-0.2, -0.15) is 0 Å². The van der Waals surface area contributed by atoms with Crippen LogP contribution >= 0.6 is 0 Å². The van der Waals surface area contributed by atoms with Gasteiger partial charge in [0.2, 0.25) is 0 Å². The number of hydrogen-bond donors (Lipinski definition) is 0. The number of furan rings is 1. The number of aryl methyl sites for hydroxylation is 1. The van der Waals surface area contributed by atoms with Gasteiger partial charge in [-0.1, -0.05) is 79.4 Å². The fraction of sp³-hybridized carbons (Fsp3) is 0.292. The number of nitrogens with zero attached hydrogens (tertiary/aromatic N) is 2. The molecule has 1 aliphatic carbocycles. The molecule has 3 aromatic heterocycles. The van der Waals surface area contributed by atoms with Crippen LogP contribution in [0.2, 0.25) is 17.3 Å². The van der Waals surface area contributed by atoms with Gasteiger partial charge in [0.1, 0.15) is 0 Å². The van der Waals surface area contributed by atoms with Gasteiger partial charge < -0.3 is 4.42 Å². The van der Waals surface area contributed by atoms with Gasteiger partial charge >= 0.3 is 137 Å². The van der Waals surface area contributed by atoms with Crippen LogP contribution in [-0.4, -0.2) is 23.2 Å². The van der Waals surface area contributed by atoms with Gasteiger partial charge in [0.05, 0.1) is 11.2 Å². The Morgan fingerprint density at radius 1 is 0.755 bits per heavy atom. The summed E-state index contributed by atoms with van der Waals surface area (Å²) >= 11 is -1.87. The molecule has 3 nitrogen and oxygen atoms in total. The van der Waals surface area contributed by atoms with E-state index in [0.29, 0.717) is 5.92 Å². The minimum atomic E-state index is -1.87. The third kappa shape index (κ3) is 9.28. The van der Waals surface area contributed by atoms with E-state index in [4.69, 9.17) is 9.40 Å². The molecule has 7 aromatic rings. The van der Waals surface area contributed by atoms with Crippen LogP contribution in [0, 0.1) is 30.9 Å². The summed E-state index contributed by atoms with van der Waals surface area (Å²) in [6, 6.07) is 40.5. The third-order valence-electron chi connectivity index (χ3n) is 10.4. The van der Waals surface area contributed by atoms with Crippen LogP contribution in [0.25, 0.3) is 55.6 Å². The van der Waals surface area contributed by atoms with Gasteiger partial charge in [0.25, 0.3) is 0 Å². The first-order chi connectivity index (χ1) is 25.1. The van der Waals surface area contributed by atoms with Gasteiger partial charge in [-0.05, 0) is 53.0 Å². The maximum atomic E-state index is 6.15. The van der Waals surface area contributed by atoms with Crippen LogP contribution in [-0.2, 0) is 32.9 Å². The SMILES string of the molecule is Cc1cnc(-c2[c-]c3c(cc2)oc2cc(-c4ccccc4)ccc23)cc1CC(C)C.[CH3][Ge]([CH3])([CH3])[c]1cnc(-c2[c-]cccc2)cc1CC1CCCC1.[Ir]. The van der Waals surface area contributed by atoms with E-state index >= 15 is 0 Å². The molecule has 1 aliphatic rings. The second-order valence-electron chi connectivity index (χ2n) is 16.0. The van der Waals surface area contributed by atoms with Crippen molar-refractivity contribution >= 4 is 39.6 Å². The zero-order chi connectivity index (χ0) is 36.2. The molecule has 0 atom stereocenters. The van der Waals surface area contributed by atoms with Crippen LogP contribution in [0.15, 0.2) is 114 Å². The van der Waals surface area contributed by atoms with Gasteiger partial charge in [-0.15, -0.1) is 12.1 Å². The van der Waals surface area contributed by atoms with E-state index in [1.54, 1.807) is 9.96 Å². The molecule has 0 aliphatic heterocycles. The van der Waals surface area contributed by atoms with Crippen molar-refractivity contribution in [1.29, 1.82) is 0 Å². The van der Waals surface area contributed by atoms with Gasteiger partial charge in [-0.25, -0.2) is 0 Å². The zero-order valence-electron chi connectivity index (χ0n) is 31.9. The molecule has 0 N–H and O–H groups in total. The van der Waals surface area contributed by atoms with Crippen LogP contribution in [0.3, 0.4) is 0 Å². The summed E-state index contributed by atoms with van der Waals surface area (Å²) in [6.07, 6.45) is 12.1. The van der Waals surface area contributed by atoms with Crippen molar-refractivity contribution in [1.82, 2.24) is 9.97 Å². The summed E-state index contributed by atoms with van der Waals surface area (Å²) in [6.45, 7) is 6.63. The van der Waals surface area contributed by atoms with Gasteiger partial charge in [0, 0.05) is 32.0 Å². The summed E-state index contributed by atoms with van der Waals surface area (Å²) in [5.74, 6) is 8.93. The van der Waals surface area contributed by atoms with Crippen molar-refractivity contribution in [2.45, 2.75) is 76.6 Å². The Labute approximate surface area is 332 Å². The minimum absolute atomic E-state index is 0. The fourth-order valence-electron chi connectivity index (χ4n) is 7.60. The van der Waals surface area contributed by atoms with Crippen molar-refractivity contribution in [3.8, 4) is 33.6 Å². The molecule has 0 bridgehead atoms. The van der Waals surface area contributed by atoms with E-state index in [0.717, 1.165) is 62.4 Å². The normalized spacial score (nSPS) is 13.3. The number of benzene rings is 4. The van der Waals surface area contributed by atoms with Crippen molar-refractivity contribution < 1.29 is 24.5 Å². The molecule has 4 aromatic carbocycles. The van der Waals surface area contributed by atoms with E-state index in [-0.39, 0.29) is 20.1 Å². The van der Waals surface area contributed by atoms with E-state index in [1.165, 1.54) is 48.8 Å². The fourth-order valence-corrected chi connectivity index (χ4v) is 10.9. The molecular weight excluding hydrogens is 885 g/mol. The van der Waals surface area contributed by atoms with Crippen LogP contribution in [0.5, 0.6) is 0 Å². The van der Waals surface area contributed by atoms with Crippen molar-refractivity contribution in [2.24, 2.45) is 11.8 Å². The Bertz CT molecular complexity index is 2280. The number of hydrogen-bond acceptors (Lipinski definition) is 3. The number of rotatable bonds is 8. The molecule has 273 valence electrons. The monoisotopic (exact) mass is 937 g/mol. The Balaban J connectivity index is 0.000000187. The molecule has 3 heterocycles. The maximum Gasteiger partial charge on any atom is 0 e. The standard InChI is InChI=1S/C28H24NO.C20H26GeN.Ir/c1-18(2)13-23-15-26(29-17-19(23)3)22-10-12-27-25(14-22)24-11-9-21(16-28(24)30-27)20-7-5-4-6-8-20;1-21(2,3)19-15-22-20(17-11-5-4-6-12-17)14-18(19)13-16-9-7-8-10-16;/h4-12,15-18H,13H2,1-3H3;4-6,11,14-16H,7-10,13H2,1-3H3;/q2*-1;. The van der Waals surface area contributed by atoms with E-state index in [9.17, 15) is 0 Å². The first-order valence-electron chi connectivity index (χ1n) is 19.0. The minimum Gasteiger partial charge on any atom is 0 e. The Hall–Kier alpha value is -3.83. The Morgan fingerprint density at radius 2 is 1.47 bits per heavy atom. The molecular formula is C48H50GeIrN2O-2. The summed E-state index contributed by atoms with van der Waals surface area (Å²) < 4.78 is 7.74. The molecule has 0 amide bonds. The molecule has 0 unspecified atom stereocenters. The van der Waals surface area contributed by atoms with Crippen molar-refractivity contribution in [3.05, 3.63) is 138 Å². The van der Waals surface area contributed by atoms with Crippen LogP contribution in [0.1, 0.15) is 56.2 Å². The van der Waals surface area contributed by atoms with E-state index in [1.807, 2.05) is 30.5 Å². The summed E-state index contributed by atoms with van der Waals surface area (Å²) in [4.78, 5) is 9.45. The smallest absolute Gasteiger partial charge is 0 e. The third-order valence-corrected chi connectivity index (χ3v) is 14.7. The molecule has 1 radical (unpaired) electrons. The predicted octanol–water partition coefficient (Wildman–Crippen LogP) is 12.4.